The summed E-state index contributed by atoms with van der Waals surface area (Å²) in [6.07, 6.45) is 5.91. The maximum Gasteiger partial charge on any atom is 0.139 e. The lowest BCUT2D eigenvalue weighted by Crippen LogP contribution is -2.39. The first kappa shape index (κ1) is 13.3. The lowest BCUT2D eigenvalue weighted by Gasteiger charge is -2.32. The molecule has 1 fully saturated rings. The zero-order valence-electron chi connectivity index (χ0n) is 12.3. The van der Waals surface area contributed by atoms with E-state index in [-0.39, 0.29) is 6.10 Å². The van der Waals surface area contributed by atoms with E-state index >= 15 is 0 Å². The average Bonchev–Trinajstić information content (AvgIpc) is 2.96. The van der Waals surface area contributed by atoms with Gasteiger partial charge in [0.1, 0.15) is 17.8 Å². The van der Waals surface area contributed by atoms with Crippen LogP contribution in [-0.2, 0) is 25.4 Å². The molecule has 1 saturated heterocycles. The summed E-state index contributed by atoms with van der Waals surface area (Å²) in [6, 6.07) is 0. The van der Waals surface area contributed by atoms with E-state index in [0.29, 0.717) is 0 Å². The molecule has 2 aromatic heterocycles. The van der Waals surface area contributed by atoms with Gasteiger partial charge < -0.3 is 13.9 Å². The van der Waals surface area contributed by atoms with E-state index in [1.165, 1.54) is 0 Å². The van der Waals surface area contributed by atoms with E-state index < -0.39 is 0 Å². The summed E-state index contributed by atoms with van der Waals surface area (Å²) in [4.78, 5) is 11.3. The predicted octanol–water partition coefficient (Wildman–Crippen LogP) is 1.04. The Balaban J connectivity index is 1.70. The molecule has 0 aromatic carbocycles. The monoisotopic (exact) mass is 275 g/mol. The number of ether oxygens (including phenoxy) is 1. The van der Waals surface area contributed by atoms with Crippen LogP contribution in [0.25, 0.3) is 0 Å². The summed E-state index contributed by atoms with van der Waals surface area (Å²) in [5.41, 5.74) is 1.03. The molecule has 0 unspecified atom stereocenters. The van der Waals surface area contributed by atoms with E-state index in [1.807, 2.05) is 39.6 Å². The standard InChI is InChI=1S/C14H21N5O/c1-11-8-18(3)14(16-11)12-9-19(6-7-20-12)10-13-15-4-5-17(13)2/h4-5,8,12H,6-7,9-10H2,1-3H3/t12-/m0/s1. The number of rotatable bonds is 3. The fourth-order valence-corrected chi connectivity index (χ4v) is 2.69. The van der Waals surface area contributed by atoms with E-state index in [1.54, 1.807) is 0 Å². The molecule has 0 amide bonds. The van der Waals surface area contributed by atoms with Crippen LogP contribution in [0.3, 0.4) is 0 Å². The molecular weight excluding hydrogens is 254 g/mol. The van der Waals surface area contributed by atoms with E-state index in [0.717, 1.165) is 43.6 Å². The van der Waals surface area contributed by atoms with Crippen LogP contribution in [0.1, 0.15) is 23.4 Å². The Morgan fingerprint density at radius 1 is 1.35 bits per heavy atom. The molecule has 2 aromatic rings. The van der Waals surface area contributed by atoms with Crippen molar-refractivity contribution in [1.29, 1.82) is 0 Å². The Bertz CT molecular complexity index is 588. The molecule has 3 rings (SSSR count). The highest BCUT2D eigenvalue weighted by molar-refractivity contribution is 5.05. The van der Waals surface area contributed by atoms with Crippen LogP contribution in [0.15, 0.2) is 18.6 Å². The van der Waals surface area contributed by atoms with Gasteiger partial charge in [0.15, 0.2) is 0 Å². The van der Waals surface area contributed by atoms with Crippen molar-refractivity contribution in [2.24, 2.45) is 14.1 Å². The topological polar surface area (TPSA) is 48.1 Å². The number of hydrogen-bond donors (Lipinski definition) is 0. The van der Waals surface area contributed by atoms with Crippen LogP contribution in [0, 0.1) is 6.92 Å². The summed E-state index contributed by atoms with van der Waals surface area (Å²) < 4.78 is 10.0. The summed E-state index contributed by atoms with van der Waals surface area (Å²) >= 11 is 0. The molecule has 108 valence electrons. The van der Waals surface area contributed by atoms with Crippen molar-refractivity contribution in [3.05, 3.63) is 35.9 Å². The lowest BCUT2D eigenvalue weighted by atomic mass is 10.2. The third-order valence-electron chi connectivity index (χ3n) is 3.76. The Labute approximate surface area is 119 Å². The van der Waals surface area contributed by atoms with Crippen LogP contribution in [0.2, 0.25) is 0 Å². The summed E-state index contributed by atoms with van der Waals surface area (Å²) in [5.74, 6) is 2.09. The number of aromatic nitrogens is 4. The second-order valence-electron chi connectivity index (χ2n) is 5.40. The maximum atomic E-state index is 5.89. The summed E-state index contributed by atoms with van der Waals surface area (Å²) in [6.45, 7) is 5.40. The first-order valence-electron chi connectivity index (χ1n) is 6.93. The number of nitrogens with zero attached hydrogens (tertiary/aromatic N) is 5. The van der Waals surface area contributed by atoms with Crippen molar-refractivity contribution >= 4 is 0 Å². The fraction of sp³-hybridized carbons (Fsp3) is 0.571. The van der Waals surface area contributed by atoms with Gasteiger partial charge in [-0.05, 0) is 6.92 Å². The Morgan fingerprint density at radius 2 is 2.20 bits per heavy atom. The minimum absolute atomic E-state index is 0.0442. The van der Waals surface area contributed by atoms with Gasteiger partial charge in [0.2, 0.25) is 0 Å². The molecule has 0 spiro atoms. The second-order valence-corrected chi connectivity index (χ2v) is 5.40. The van der Waals surface area contributed by atoms with Crippen molar-refractivity contribution in [3.8, 4) is 0 Å². The van der Waals surface area contributed by atoms with Crippen LogP contribution < -0.4 is 0 Å². The Hall–Kier alpha value is -1.66. The SMILES string of the molecule is Cc1cn(C)c([C@@H]2CN(Cc3nccn3C)CCO2)n1. The highest BCUT2D eigenvalue weighted by Gasteiger charge is 2.25. The number of morpholine rings is 1. The third-order valence-corrected chi connectivity index (χ3v) is 3.76. The van der Waals surface area contributed by atoms with Crippen molar-refractivity contribution in [2.75, 3.05) is 19.7 Å². The molecule has 1 aliphatic rings. The van der Waals surface area contributed by atoms with Crippen molar-refractivity contribution < 1.29 is 4.74 Å². The van der Waals surface area contributed by atoms with Gasteiger partial charge in [-0.3, -0.25) is 4.90 Å². The number of imidazole rings is 2. The molecular formula is C14H21N5O. The van der Waals surface area contributed by atoms with Crippen molar-refractivity contribution in [2.45, 2.75) is 19.6 Å². The van der Waals surface area contributed by atoms with Crippen LogP contribution >= 0.6 is 0 Å². The van der Waals surface area contributed by atoms with Gasteiger partial charge in [-0.1, -0.05) is 0 Å². The van der Waals surface area contributed by atoms with Gasteiger partial charge in [0.05, 0.1) is 18.8 Å². The van der Waals surface area contributed by atoms with E-state index in [9.17, 15) is 0 Å². The first-order valence-corrected chi connectivity index (χ1v) is 6.93. The molecule has 0 saturated carbocycles. The molecule has 0 radical (unpaired) electrons. The number of hydrogen-bond acceptors (Lipinski definition) is 4. The molecule has 0 N–H and O–H groups in total. The van der Waals surface area contributed by atoms with Crippen molar-refractivity contribution in [3.63, 3.8) is 0 Å². The van der Waals surface area contributed by atoms with Gasteiger partial charge in [-0.2, -0.15) is 0 Å². The Kier molecular flexibility index (Phi) is 3.58. The minimum atomic E-state index is 0.0442. The van der Waals surface area contributed by atoms with Gasteiger partial charge >= 0.3 is 0 Å². The number of aryl methyl sites for hydroxylation is 3. The highest BCUT2D eigenvalue weighted by atomic mass is 16.5. The van der Waals surface area contributed by atoms with Crippen molar-refractivity contribution in [1.82, 2.24) is 24.0 Å². The van der Waals surface area contributed by atoms with Crippen LogP contribution in [-0.4, -0.2) is 43.7 Å². The first-order chi connectivity index (χ1) is 9.63. The second kappa shape index (κ2) is 5.38. The normalized spacial score (nSPS) is 20.4. The molecule has 6 heteroatoms. The zero-order chi connectivity index (χ0) is 14.1. The third kappa shape index (κ3) is 2.62. The average molecular weight is 275 g/mol. The maximum absolute atomic E-state index is 5.89. The Morgan fingerprint density at radius 3 is 2.85 bits per heavy atom. The summed E-state index contributed by atoms with van der Waals surface area (Å²) in [7, 11) is 4.05. The smallest absolute Gasteiger partial charge is 0.139 e. The molecule has 1 aliphatic heterocycles. The molecule has 0 bridgehead atoms. The quantitative estimate of drug-likeness (QED) is 0.839. The van der Waals surface area contributed by atoms with Gasteiger partial charge in [-0.15, -0.1) is 0 Å². The highest BCUT2D eigenvalue weighted by Crippen LogP contribution is 2.22. The van der Waals surface area contributed by atoms with Crippen LogP contribution in [0.4, 0.5) is 0 Å². The lowest BCUT2D eigenvalue weighted by molar-refractivity contribution is -0.0393. The predicted molar refractivity (Wildman–Crippen MR) is 75.1 cm³/mol. The van der Waals surface area contributed by atoms with E-state index in [4.69, 9.17) is 4.74 Å². The largest absolute Gasteiger partial charge is 0.368 e. The molecule has 0 aliphatic carbocycles. The summed E-state index contributed by atoms with van der Waals surface area (Å²) in [5, 5.41) is 0. The van der Waals surface area contributed by atoms with Gasteiger partial charge in [-0.25, -0.2) is 9.97 Å². The van der Waals surface area contributed by atoms with Gasteiger partial charge in [0.25, 0.3) is 0 Å². The molecule has 20 heavy (non-hydrogen) atoms. The van der Waals surface area contributed by atoms with Crippen LogP contribution in [0.5, 0.6) is 0 Å². The molecule has 6 nitrogen and oxygen atoms in total. The minimum Gasteiger partial charge on any atom is -0.368 e. The van der Waals surface area contributed by atoms with E-state index in [2.05, 4.69) is 24.0 Å². The van der Waals surface area contributed by atoms with Gasteiger partial charge in [0, 0.05) is 45.8 Å². The molecule has 3 heterocycles. The molecule has 1 atom stereocenters. The zero-order valence-corrected chi connectivity index (χ0v) is 12.3. The fourth-order valence-electron chi connectivity index (χ4n) is 2.69.